The van der Waals surface area contributed by atoms with Gasteiger partial charge in [-0.3, -0.25) is 0 Å². The Bertz CT molecular complexity index is 354. The minimum Gasteiger partial charge on any atom is -0.224 e. The molecule has 0 aliphatic heterocycles. The van der Waals surface area contributed by atoms with Crippen molar-refractivity contribution in [2.75, 3.05) is 5.88 Å². The third-order valence-corrected chi connectivity index (χ3v) is 1.44. The van der Waals surface area contributed by atoms with Gasteiger partial charge in [-0.2, -0.15) is 4.39 Å². The van der Waals surface area contributed by atoms with E-state index >= 15 is 0 Å². The quantitative estimate of drug-likeness (QED) is 0.386. The maximum absolute atomic E-state index is 12.6. The molecule has 0 N–H and O–H groups in total. The lowest BCUT2D eigenvalue weighted by Crippen LogP contribution is -1.89. The molecule has 0 unspecified atom stereocenters. The third-order valence-electron chi connectivity index (χ3n) is 1.25. The topological polar surface area (TPSA) is 12.9 Å². The second kappa shape index (κ2) is 4.78. The molecule has 0 atom stereocenters. The highest BCUT2D eigenvalue weighted by Crippen LogP contribution is 2.03. The maximum Gasteiger partial charge on any atom is 0.248 e. The molecule has 0 radical (unpaired) electrons. The van der Waals surface area contributed by atoms with E-state index in [0.717, 1.165) is 6.07 Å². The first-order valence-electron chi connectivity index (χ1n) is 3.60. The fraction of sp³-hybridized carbons (Fsp3) is 0.222. The first-order chi connectivity index (χ1) is 6.24. The lowest BCUT2D eigenvalue weighted by molar-refractivity contribution is 0.479. The van der Waals surface area contributed by atoms with Crippen LogP contribution in [0.1, 0.15) is 12.0 Å². The van der Waals surface area contributed by atoms with Crippen LogP contribution in [0.5, 0.6) is 0 Å². The molecule has 13 heavy (non-hydrogen) atoms. The van der Waals surface area contributed by atoms with Crippen LogP contribution in [0.4, 0.5) is 8.78 Å². The molecule has 1 aromatic rings. The lowest BCUT2D eigenvalue weighted by Gasteiger charge is -1.91. The van der Waals surface area contributed by atoms with Gasteiger partial charge in [-0.25, -0.2) is 9.37 Å². The van der Waals surface area contributed by atoms with Crippen molar-refractivity contribution in [1.82, 2.24) is 4.98 Å². The van der Waals surface area contributed by atoms with Gasteiger partial charge >= 0.3 is 0 Å². The molecule has 0 saturated carbocycles. The molecule has 68 valence electrons. The number of pyridine rings is 1. The standard InChI is InChI=1S/C9H6ClF2N/c10-4-2-1-3-7-5-8(11)9(12)13-6-7/h5-6H,2,4H2. The van der Waals surface area contributed by atoms with E-state index < -0.39 is 11.8 Å². The van der Waals surface area contributed by atoms with Crippen molar-refractivity contribution >= 4 is 11.6 Å². The van der Waals surface area contributed by atoms with Crippen LogP contribution >= 0.6 is 11.6 Å². The van der Waals surface area contributed by atoms with E-state index in [4.69, 9.17) is 11.6 Å². The van der Waals surface area contributed by atoms with Crippen molar-refractivity contribution < 1.29 is 8.78 Å². The van der Waals surface area contributed by atoms with Gasteiger partial charge in [0.1, 0.15) is 0 Å². The largest absolute Gasteiger partial charge is 0.248 e. The molecule has 4 heteroatoms. The van der Waals surface area contributed by atoms with Crippen molar-refractivity contribution in [1.29, 1.82) is 0 Å². The minimum absolute atomic E-state index is 0.351. The molecular formula is C9H6ClF2N. The van der Waals surface area contributed by atoms with Gasteiger partial charge in [-0.1, -0.05) is 11.8 Å². The molecular weight excluding hydrogens is 196 g/mol. The first kappa shape index (κ1) is 9.94. The predicted octanol–water partition coefficient (Wildman–Crippen LogP) is 2.34. The summed E-state index contributed by atoms with van der Waals surface area (Å²) in [4.78, 5) is 3.18. The Kier molecular flexibility index (Phi) is 3.66. The Labute approximate surface area is 79.7 Å². The number of alkyl halides is 1. The van der Waals surface area contributed by atoms with Crippen molar-refractivity contribution in [2.45, 2.75) is 6.42 Å². The van der Waals surface area contributed by atoms with E-state index in [1.54, 1.807) is 0 Å². The molecule has 1 aromatic heterocycles. The van der Waals surface area contributed by atoms with Crippen LogP contribution in [0.2, 0.25) is 0 Å². The summed E-state index contributed by atoms with van der Waals surface area (Å²) in [5, 5.41) is 0. The Morgan fingerprint density at radius 2 is 2.23 bits per heavy atom. The van der Waals surface area contributed by atoms with Crippen LogP contribution in [0.25, 0.3) is 0 Å². The van der Waals surface area contributed by atoms with Crippen molar-refractivity contribution in [3.63, 3.8) is 0 Å². The van der Waals surface area contributed by atoms with Gasteiger partial charge in [0.15, 0.2) is 5.82 Å². The number of nitrogens with zero attached hydrogens (tertiary/aromatic N) is 1. The predicted molar refractivity (Wildman–Crippen MR) is 46.4 cm³/mol. The molecule has 0 spiro atoms. The van der Waals surface area contributed by atoms with Crippen LogP contribution in [-0.4, -0.2) is 10.9 Å². The molecule has 0 fully saturated rings. The zero-order chi connectivity index (χ0) is 9.68. The van der Waals surface area contributed by atoms with Crippen LogP contribution in [0.3, 0.4) is 0 Å². The molecule has 0 aliphatic rings. The molecule has 0 saturated heterocycles. The Hall–Kier alpha value is -1.14. The van der Waals surface area contributed by atoms with Gasteiger partial charge in [0.25, 0.3) is 0 Å². The lowest BCUT2D eigenvalue weighted by atomic mass is 10.3. The zero-order valence-electron chi connectivity index (χ0n) is 6.65. The summed E-state index contributed by atoms with van der Waals surface area (Å²) in [5.74, 6) is 3.62. The zero-order valence-corrected chi connectivity index (χ0v) is 7.41. The molecule has 0 aromatic carbocycles. The fourth-order valence-corrected chi connectivity index (χ4v) is 0.796. The van der Waals surface area contributed by atoms with Gasteiger partial charge < -0.3 is 0 Å². The van der Waals surface area contributed by atoms with Crippen LogP contribution in [0.15, 0.2) is 12.3 Å². The Morgan fingerprint density at radius 3 is 2.85 bits per heavy atom. The number of hydrogen-bond donors (Lipinski definition) is 0. The van der Waals surface area contributed by atoms with Crippen molar-refractivity contribution in [3.8, 4) is 11.8 Å². The molecule has 1 nitrogen and oxygen atoms in total. The summed E-state index contributed by atoms with van der Waals surface area (Å²) in [7, 11) is 0. The van der Waals surface area contributed by atoms with E-state index in [0.29, 0.717) is 17.9 Å². The second-order valence-electron chi connectivity index (χ2n) is 2.24. The number of rotatable bonds is 1. The summed E-state index contributed by atoms with van der Waals surface area (Å²) in [5.41, 5.74) is 0.351. The average molecular weight is 202 g/mol. The fourth-order valence-electron chi connectivity index (χ4n) is 0.701. The van der Waals surface area contributed by atoms with E-state index in [9.17, 15) is 8.78 Å². The highest BCUT2D eigenvalue weighted by molar-refractivity contribution is 6.18. The average Bonchev–Trinajstić information content (AvgIpc) is 2.12. The van der Waals surface area contributed by atoms with E-state index in [-0.39, 0.29) is 0 Å². The monoisotopic (exact) mass is 201 g/mol. The maximum atomic E-state index is 12.6. The molecule has 0 bridgehead atoms. The summed E-state index contributed by atoms with van der Waals surface area (Å²) in [6.45, 7) is 0. The smallest absolute Gasteiger partial charge is 0.224 e. The highest BCUT2D eigenvalue weighted by atomic mass is 35.5. The van der Waals surface area contributed by atoms with E-state index in [1.165, 1.54) is 6.20 Å². The highest BCUT2D eigenvalue weighted by Gasteiger charge is 2.01. The second-order valence-corrected chi connectivity index (χ2v) is 2.62. The van der Waals surface area contributed by atoms with Gasteiger partial charge in [0.05, 0.1) is 0 Å². The summed E-state index contributed by atoms with van der Waals surface area (Å²) in [6, 6.07) is 1.00. The third kappa shape index (κ3) is 3.00. The summed E-state index contributed by atoms with van der Waals surface area (Å²) < 4.78 is 24.9. The normalized spacial score (nSPS) is 9.15. The number of halogens is 3. The number of hydrogen-bond acceptors (Lipinski definition) is 1. The summed E-state index contributed by atoms with van der Waals surface area (Å²) in [6.07, 6.45) is 1.69. The minimum atomic E-state index is -1.11. The molecule has 1 rings (SSSR count). The Morgan fingerprint density at radius 1 is 1.46 bits per heavy atom. The van der Waals surface area contributed by atoms with Crippen LogP contribution < -0.4 is 0 Å². The molecule has 0 aliphatic carbocycles. The van der Waals surface area contributed by atoms with Gasteiger partial charge in [-0.15, -0.1) is 11.6 Å². The van der Waals surface area contributed by atoms with Crippen molar-refractivity contribution in [3.05, 3.63) is 29.6 Å². The van der Waals surface area contributed by atoms with Gasteiger partial charge in [0.2, 0.25) is 5.95 Å². The first-order valence-corrected chi connectivity index (χ1v) is 4.13. The van der Waals surface area contributed by atoms with E-state index in [2.05, 4.69) is 16.8 Å². The van der Waals surface area contributed by atoms with Gasteiger partial charge in [-0.05, 0) is 6.07 Å². The Balaban J connectivity index is 2.81. The van der Waals surface area contributed by atoms with Gasteiger partial charge in [0, 0.05) is 24.1 Å². The molecule has 1 heterocycles. The summed E-state index contributed by atoms with van der Waals surface area (Å²) >= 11 is 5.37. The molecule has 0 amide bonds. The van der Waals surface area contributed by atoms with Crippen molar-refractivity contribution in [2.24, 2.45) is 0 Å². The van der Waals surface area contributed by atoms with E-state index in [1.807, 2.05) is 0 Å². The van der Waals surface area contributed by atoms with Crippen LogP contribution in [-0.2, 0) is 0 Å². The number of aromatic nitrogens is 1. The SMILES string of the molecule is Fc1cc(C#CCCCl)cnc1F. The van der Waals surface area contributed by atoms with Crippen LogP contribution in [0, 0.1) is 23.6 Å².